The average Bonchev–Trinajstić information content (AvgIpc) is 2.88. The van der Waals surface area contributed by atoms with Gasteiger partial charge in [-0.05, 0) is 19.9 Å². The fraction of sp³-hybridized carbons (Fsp3) is 0.500. The van der Waals surface area contributed by atoms with E-state index in [2.05, 4.69) is 22.3 Å². The predicted molar refractivity (Wildman–Crippen MR) is 66.5 cm³/mol. The molecule has 0 radical (unpaired) electrons. The molecular formula is C12H18N4O2. The van der Waals surface area contributed by atoms with Crippen molar-refractivity contribution in [3.05, 3.63) is 23.7 Å². The molecule has 0 unspecified atom stereocenters. The van der Waals surface area contributed by atoms with Crippen molar-refractivity contribution in [2.75, 3.05) is 6.54 Å². The molecule has 2 aromatic heterocycles. The summed E-state index contributed by atoms with van der Waals surface area (Å²) in [5.41, 5.74) is 1.72. The van der Waals surface area contributed by atoms with Crippen LogP contribution in [-0.4, -0.2) is 21.3 Å². The SMILES string of the molecule is CCCNCc1coc(Oc2cc(C)nn2C)n1. The molecule has 0 saturated carbocycles. The summed E-state index contributed by atoms with van der Waals surface area (Å²) in [6.45, 7) is 5.67. The zero-order chi connectivity index (χ0) is 13.0. The van der Waals surface area contributed by atoms with Gasteiger partial charge in [-0.15, -0.1) is 0 Å². The number of nitrogens with zero attached hydrogens (tertiary/aromatic N) is 3. The lowest BCUT2D eigenvalue weighted by molar-refractivity contribution is 0.309. The van der Waals surface area contributed by atoms with E-state index in [1.165, 1.54) is 0 Å². The minimum atomic E-state index is 0.242. The molecule has 0 aliphatic rings. The Kier molecular flexibility index (Phi) is 3.99. The van der Waals surface area contributed by atoms with Gasteiger partial charge in [0, 0.05) is 19.7 Å². The molecule has 0 fully saturated rings. The van der Waals surface area contributed by atoms with Crippen LogP contribution in [0.2, 0.25) is 0 Å². The number of hydrogen-bond donors (Lipinski definition) is 1. The van der Waals surface area contributed by atoms with Gasteiger partial charge in [0.25, 0.3) is 0 Å². The summed E-state index contributed by atoms with van der Waals surface area (Å²) < 4.78 is 12.4. The molecule has 18 heavy (non-hydrogen) atoms. The van der Waals surface area contributed by atoms with Crippen LogP contribution in [0.15, 0.2) is 16.7 Å². The molecule has 0 bridgehead atoms. The van der Waals surface area contributed by atoms with Crippen LogP contribution in [0.3, 0.4) is 0 Å². The van der Waals surface area contributed by atoms with Gasteiger partial charge in [0.2, 0.25) is 5.88 Å². The van der Waals surface area contributed by atoms with Gasteiger partial charge in [-0.3, -0.25) is 0 Å². The van der Waals surface area contributed by atoms with Crippen molar-refractivity contribution < 1.29 is 9.15 Å². The molecule has 2 aromatic rings. The lowest BCUT2D eigenvalue weighted by Crippen LogP contribution is -2.13. The van der Waals surface area contributed by atoms with Crippen molar-refractivity contribution in [2.45, 2.75) is 26.8 Å². The number of oxazole rings is 1. The average molecular weight is 250 g/mol. The first-order valence-corrected chi connectivity index (χ1v) is 6.02. The maximum atomic E-state index is 5.51. The third-order valence-corrected chi connectivity index (χ3v) is 2.41. The molecule has 98 valence electrons. The summed E-state index contributed by atoms with van der Waals surface area (Å²) in [6.07, 6.45) is 2.93. The minimum Gasteiger partial charge on any atom is -0.417 e. The Morgan fingerprint density at radius 3 is 3.00 bits per heavy atom. The summed E-state index contributed by atoms with van der Waals surface area (Å²) in [6, 6.07) is 1.83. The Balaban J connectivity index is 1.96. The van der Waals surface area contributed by atoms with Crippen molar-refractivity contribution in [1.29, 1.82) is 0 Å². The first-order chi connectivity index (χ1) is 8.69. The fourth-order valence-corrected chi connectivity index (χ4v) is 1.58. The maximum Gasteiger partial charge on any atom is 0.400 e. The second-order valence-electron chi connectivity index (χ2n) is 4.13. The number of hydrogen-bond acceptors (Lipinski definition) is 5. The van der Waals surface area contributed by atoms with Gasteiger partial charge in [0.15, 0.2) is 0 Å². The maximum absolute atomic E-state index is 5.51. The molecule has 2 rings (SSSR count). The van der Waals surface area contributed by atoms with Crippen LogP contribution in [0, 0.1) is 6.92 Å². The largest absolute Gasteiger partial charge is 0.417 e. The third-order valence-electron chi connectivity index (χ3n) is 2.41. The van der Waals surface area contributed by atoms with E-state index in [4.69, 9.17) is 9.15 Å². The first-order valence-electron chi connectivity index (χ1n) is 6.02. The van der Waals surface area contributed by atoms with E-state index in [0.29, 0.717) is 12.4 Å². The van der Waals surface area contributed by atoms with Crippen LogP contribution in [0.4, 0.5) is 0 Å². The quantitative estimate of drug-likeness (QED) is 0.794. The minimum absolute atomic E-state index is 0.242. The Bertz CT molecular complexity index is 504. The highest BCUT2D eigenvalue weighted by Gasteiger charge is 2.09. The van der Waals surface area contributed by atoms with Gasteiger partial charge >= 0.3 is 6.08 Å². The summed E-state index contributed by atoms with van der Waals surface area (Å²) in [7, 11) is 1.81. The standard InChI is InChI=1S/C12H18N4O2/c1-4-5-13-7-10-8-17-12(14-10)18-11-6-9(2)15-16(11)3/h6,8,13H,4-5,7H2,1-3H3. The topological polar surface area (TPSA) is 65.1 Å². The molecule has 0 atom stereocenters. The molecule has 1 N–H and O–H groups in total. The number of ether oxygens (including phenoxy) is 1. The Morgan fingerprint density at radius 1 is 1.50 bits per heavy atom. The van der Waals surface area contributed by atoms with Gasteiger partial charge < -0.3 is 14.5 Å². The van der Waals surface area contributed by atoms with Crippen LogP contribution in [0.5, 0.6) is 12.0 Å². The molecule has 0 saturated heterocycles. The number of rotatable bonds is 6. The number of aryl methyl sites for hydroxylation is 2. The summed E-state index contributed by atoms with van der Waals surface area (Å²) in [5, 5.41) is 7.43. The highest BCUT2D eigenvalue weighted by molar-refractivity contribution is 5.17. The van der Waals surface area contributed by atoms with E-state index >= 15 is 0 Å². The Hall–Kier alpha value is -1.82. The van der Waals surface area contributed by atoms with E-state index in [0.717, 1.165) is 24.4 Å². The zero-order valence-electron chi connectivity index (χ0n) is 10.9. The van der Waals surface area contributed by atoms with Gasteiger partial charge in [-0.1, -0.05) is 6.92 Å². The van der Waals surface area contributed by atoms with Crippen LogP contribution >= 0.6 is 0 Å². The fourth-order valence-electron chi connectivity index (χ4n) is 1.58. The van der Waals surface area contributed by atoms with E-state index in [1.807, 2.05) is 20.0 Å². The molecule has 0 aliphatic heterocycles. The summed E-state index contributed by atoms with van der Waals surface area (Å²) >= 11 is 0. The Labute approximate surface area is 106 Å². The van der Waals surface area contributed by atoms with Crippen molar-refractivity contribution in [3.63, 3.8) is 0 Å². The predicted octanol–water partition coefficient (Wildman–Crippen LogP) is 2.01. The van der Waals surface area contributed by atoms with E-state index in [1.54, 1.807) is 10.9 Å². The van der Waals surface area contributed by atoms with Gasteiger partial charge in [-0.25, -0.2) is 4.68 Å². The van der Waals surface area contributed by atoms with Crippen LogP contribution in [-0.2, 0) is 13.6 Å². The van der Waals surface area contributed by atoms with Crippen LogP contribution < -0.4 is 10.1 Å². The third kappa shape index (κ3) is 3.10. The number of aromatic nitrogens is 3. The molecule has 0 amide bonds. The summed E-state index contributed by atoms with van der Waals surface area (Å²) in [4.78, 5) is 4.24. The monoisotopic (exact) mass is 250 g/mol. The highest BCUT2D eigenvalue weighted by Crippen LogP contribution is 2.20. The number of nitrogens with one attached hydrogen (secondary N) is 1. The van der Waals surface area contributed by atoms with Crippen molar-refractivity contribution in [3.8, 4) is 12.0 Å². The van der Waals surface area contributed by atoms with Gasteiger partial charge in [0.05, 0.1) is 11.4 Å². The van der Waals surface area contributed by atoms with E-state index in [-0.39, 0.29) is 6.08 Å². The molecule has 0 spiro atoms. The molecule has 6 nitrogen and oxygen atoms in total. The lowest BCUT2D eigenvalue weighted by atomic mass is 10.4. The van der Waals surface area contributed by atoms with Crippen molar-refractivity contribution in [1.82, 2.24) is 20.1 Å². The van der Waals surface area contributed by atoms with Gasteiger partial charge in [0.1, 0.15) is 6.26 Å². The van der Waals surface area contributed by atoms with Crippen LogP contribution in [0.1, 0.15) is 24.7 Å². The molecule has 0 aromatic carbocycles. The van der Waals surface area contributed by atoms with Crippen molar-refractivity contribution in [2.24, 2.45) is 7.05 Å². The van der Waals surface area contributed by atoms with E-state index < -0.39 is 0 Å². The molecule has 6 heteroatoms. The second kappa shape index (κ2) is 5.68. The molecule has 2 heterocycles. The van der Waals surface area contributed by atoms with E-state index in [9.17, 15) is 0 Å². The smallest absolute Gasteiger partial charge is 0.400 e. The molecular weight excluding hydrogens is 232 g/mol. The highest BCUT2D eigenvalue weighted by atomic mass is 16.6. The molecule has 0 aliphatic carbocycles. The summed E-state index contributed by atoms with van der Waals surface area (Å²) in [5.74, 6) is 0.613. The lowest BCUT2D eigenvalue weighted by Gasteiger charge is -1.99. The second-order valence-corrected chi connectivity index (χ2v) is 4.13. The van der Waals surface area contributed by atoms with Crippen molar-refractivity contribution >= 4 is 0 Å². The van der Waals surface area contributed by atoms with Crippen LogP contribution in [0.25, 0.3) is 0 Å². The van der Waals surface area contributed by atoms with Gasteiger partial charge in [-0.2, -0.15) is 10.1 Å². The first kappa shape index (κ1) is 12.6. The normalized spacial score (nSPS) is 10.8. The Morgan fingerprint density at radius 2 is 2.33 bits per heavy atom. The zero-order valence-corrected chi connectivity index (χ0v) is 10.9.